The molecule has 0 bridgehead atoms. The van der Waals surface area contributed by atoms with Crippen LogP contribution in [0.25, 0.3) is 0 Å². The van der Waals surface area contributed by atoms with Crippen molar-refractivity contribution < 1.29 is 32.3 Å². The summed E-state index contributed by atoms with van der Waals surface area (Å²) in [6, 6.07) is 5.81. The Hall–Kier alpha value is -3.08. The largest absolute Gasteiger partial charge is 0.573 e. The Balaban J connectivity index is 2.33. The van der Waals surface area contributed by atoms with Crippen LogP contribution in [0.15, 0.2) is 30.3 Å². The first-order valence-electron chi connectivity index (χ1n) is 8.58. The van der Waals surface area contributed by atoms with Gasteiger partial charge in [-0.25, -0.2) is 4.98 Å². The molecule has 8 nitrogen and oxygen atoms in total. The smallest absolute Gasteiger partial charge is 0.434 e. The van der Waals surface area contributed by atoms with E-state index in [1.54, 1.807) is 6.92 Å². The maximum atomic E-state index is 12.3. The summed E-state index contributed by atoms with van der Waals surface area (Å²) in [6.07, 6.45) is -4.17. The van der Waals surface area contributed by atoms with Gasteiger partial charge in [0.15, 0.2) is 0 Å². The van der Waals surface area contributed by atoms with Crippen LogP contribution in [-0.4, -0.2) is 36.0 Å². The number of hydrogen-bond acceptors (Lipinski definition) is 7. The molecule has 0 radical (unpaired) electrons. The normalized spacial score (nSPS) is 12.3. The van der Waals surface area contributed by atoms with E-state index in [0.29, 0.717) is 18.7 Å². The number of nitro groups is 1. The van der Waals surface area contributed by atoms with Gasteiger partial charge in [0.25, 0.3) is 0 Å². The van der Waals surface area contributed by atoms with Crippen molar-refractivity contribution >= 4 is 11.4 Å². The molecule has 0 fully saturated rings. The number of benzene rings is 1. The molecule has 2 rings (SSSR count). The molecule has 2 aromatic rings. The van der Waals surface area contributed by atoms with Crippen molar-refractivity contribution in [2.24, 2.45) is 0 Å². The van der Waals surface area contributed by atoms with Crippen molar-refractivity contribution in [1.29, 1.82) is 0 Å². The highest BCUT2D eigenvalue weighted by molar-refractivity contribution is 5.68. The Bertz CT molecular complexity index is 844. The molecule has 0 aliphatic heterocycles. The van der Waals surface area contributed by atoms with Gasteiger partial charge in [0.05, 0.1) is 11.5 Å². The SMILES string of the molecule is CCC(COC)Nc1cc(C)nc(Oc2ccc(OC(F)(F)F)cc2)c1[N+](=O)[O-]. The topological polar surface area (TPSA) is 95.8 Å². The fraction of sp³-hybridized carbons (Fsp3) is 0.389. The van der Waals surface area contributed by atoms with Gasteiger partial charge in [0.2, 0.25) is 0 Å². The third-order valence-corrected chi connectivity index (χ3v) is 3.76. The average Bonchev–Trinajstić information content (AvgIpc) is 2.61. The monoisotopic (exact) mass is 415 g/mol. The third kappa shape index (κ3) is 6.49. The van der Waals surface area contributed by atoms with E-state index in [0.717, 1.165) is 12.1 Å². The van der Waals surface area contributed by atoms with Crippen LogP contribution in [0.4, 0.5) is 24.5 Å². The second-order valence-electron chi connectivity index (χ2n) is 6.05. The first-order chi connectivity index (χ1) is 13.6. The van der Waals surface area contributed by atoms with Crippen LogP contribution in [0, 0.1) is 17.0 Å². The standard InChI is InChI=1S/C18H20F3N3O5/c1-4-12(10-27-3)23-15-9-11(2)22-17(16(15)24(25)26)28-13-5-7-14(8-6-13)29-18(19,20)21/h5-9,12H,4,10H2,1-3H3,(H,22,23). The molecule has 11 heteroatoms. The molecular weight excluding hydrogens is 395 g/mol. The van der Waals surface area contributed by atoms with E-state index in [-0.39, 0.29) is 29.0 Å². The molecule has 1 aromatic carbocycles. The Kier molecular flexibility index (Phi) is 7.21. The number of anilines is 1. The van der Waals surface area contributed by atoms with E-state index in [1.807, 2.05) is 6.92 Å². The first-order valence-corrected chi connectivity index (χ1v) is 8.58. The predicted molar refractivity (Wildman–Crippen MR) is 98.4 cm³/mol. The summed E-state index contributed by atoms with van der Waals surface area (Å²) in [5.41, 5.74) is 0.275. The minimum Gasteiger partial charge on any atom is -0.434 e. The highest BCUT2D eigenvalue weighted by Gasteiger charge is 2.31. The molecule has 0 saturated carbocycles. The number of alkyl halides is 3. The second kappa shape index (κ2) is 9.41. The van der Waals surface area contributed by atoms with Gasteiger partial charge >= 0.3 is 17.9 Å². The molecule has 0 saturated heterocycles. The van der Waals surface area contributed by atoms with Crippen LogP contribution in [0.2, 0.25) is 0 Å². The number of halogens is 3. The van der Waals surface area contributed by atoms with Crippen molar-refractivity contribution in [2.75, 3.05) is 19.0 Å². The van der Waals surface area contributed by atoms with E-state index in [4.69, 9.17) is 9.47 Å². The zero-order chi connectivity index (χ0) is 21.6. The summed E-state index contributed by atoms with van der Waals surface area (Å²) in [5, 5.41) is 14.7. The lowest BCUT2D eigenvalue weighted by molar-refractivity contribution is -0.385. The van der Waals surface area contributed by atoms with E-state index in [9.17, 15) is 23.3 Å². The number of nitrogens with one attached hydrogen (secondary N) is 1. The van der Waals surface area contributed by atoms with Crippen molar-refractivity contribution in [3.8, 4) is 17.4 Å². The number of ether oxygens (including phenoxy) is 3. The third-order valence-electron chi connectivity index (χ3n) is 3.76. The Labute approximate surface area is 164 Å². The summed E-state index contributed by atoms with van der Waals surface area (Å²) in [7, 11) is 1.53. The Morgan fingerprint density at radius 3 is 2.38 bits per heavy atom. The van der Waals surface area contributed by atoms with Crippen LogP contribution in [0.3, 0.4) is 0 Å². The lowest BCUT2D eigenvalue weighted by Crippen LogP contribution is -2.24. The highest BCUT2D eigenvalue weighted by atomic mass is 19.4. The molecule has 158 valence electrons. The Morgan fingerprint density at radius 2 is 1.86 bits per heavy atom. The molecule has 0 aliphatic carbocycles. The van der Waals surface area contributed by atoms with E-state index >= 15 is 0 Å². The number of methoxy groups -OCH3 is 1. The van der Waals surface area contributed by atoms with Gasteiger partial charge in [-0.05, 0) is 43.7 Å². The first kappa shape index (κ1) is 22.2. The van der Waals surface area contributed by atoms with Gasteiger partial charge in [-0.2, -0.15) is 0 Å². The summed E-state index contributed by atoms with van der Waals surface area (Å²) < 4.78 is 51.1. The van der Waals surface area contributed by atoms with E-state index in [1.165, 1.54) is 25.3 Å². The van der Waals surface area contributed by atoms with E-state index in [2.05, 4.69) is 15.0 Å². The van der Waals surface area contributed by atoms with Crippen LogP contribution in [0.5, 0.6) is 17.4 Å². The molecule has 1 atom stereocenters. The summed E-state index contributed by atoms with van der Waals surface area (Å²) in [4.78, 5) is 15.1. The number of nitrogens with zero attached hydrogens (tertiary/aromatic N) is 2. The minimum atomic E-state index is -4.82. The minimum absolute atomic E-state index is 0.0654. The lowest BCUT2D eigenvalue weighted by Gasteiger charge is -2.18. The van der Waals surface area contributed by atoms with E-state index < -0.39 is 17.0 Å². The molecule has 1 heterocycles. The molecule has 1 N–H and O–H groups in total. The molecular formula is C18H20F3N3O5. The maximum Gasteiger partial charge on any atom is 0.573 e. The fourth-order valence-electron chi connectivity index (χ4n) is 2.50. The molecule has 1 unspecified atom stereocenters. The van der Waals surface area contributed by atoms with Crippen LogP contribution in [0.1, 0.15) is 19.0 Å². The summed E-state index contributed by atoms with van der Waals surface area (Å²) in [5.74, 6) is -0.658. The summed E-state index contributed by atoms with van der Waals surface area (Å²) in [6.45, 7) is 3.88. The van der Waals surface area contributed by atoms with Gasteiger partial charge in [-0.3, -0.25) is 10.1 Å². The van der Waals surface area contributed by atoms with Crippen molar-refractivity contribution in [2.45, 2.75) is 32.7 Å². The molecule has 0 amide bonds. The van der Waals surface area contributed by atoms with Crippen LogP contribution >= 0.6 is 0 Å². The van der Waals surface area contributed by atoms with Crippen molar-refractivity contribution in [1.82, 2.24) is 4.98 Å². The number of pyridine rings is 1. The zero-order valence-electron chi connectivity index (χ0n) is 15.9. The lowest BCUT2D eigenvalue weighted by atomic mass is 10.2. The predicted octanol–water partition coefficient (Wildman–Crippen LogP) is 4.83. The van der Waals surface area contributed by atoms with Crippen LogP contribution < -0.4 is 14.8 Å². The van der Waals surface area contributed by atoms with Crippen LogP contribution in [-0.2, 0) is 4.74 Å². The van der Waals surface area contributed by atoms with Gasteiger partial charge in [0, 0.05) is 18.8 Å². The van der Waals surface area contributed by atoms with Crippen molar-refractivity contribution in [3.63, 3.8) is 0 Å². The van der Waals surface area contributed by atoms with Gasteiger partial charge < -0.3 is 19.5 Å². The molecule has 29 heavy (non-hydrogen) atoms. The fourth-order valence-corrected chi connectivity index (χ4v) is 2.50. The number of rotatable bonds is 9. The number of aromatic nitrogens is 1. The molecule has 1 aromatic heterocycles. The second-order valence-corrected chi connectivity index (χ2v) is 6.05. The average molecular weight is 415 g/mol. The highest BCUT2D eigenvalue weighted by Crippen LogP contribution is 2.37. The number of hydrogen-bond donors (Lipinski definition) is 1. The van der Waals surface area contributed by atoms with Crippen molar-refractivity contribution in [3.05, 3.63) is 46.1 Å². The molecule has 0 spiro atoms. The van der Waals surface area contributed by atoms with Gasteiger partial charge in [-0.1, -0.05) is 6.92 Å². The Morgan fingerprint density at radius 1 is 1.24 bits per heavy atom. The van der Waals surface area contributed by atoms with Gasteiger partial charge in [-0.15, -0.1) is 13.2 Å². The van der Waals surface area contributed by atoms with Gasteiger partial charge in [0.1, 0.15) is 17.2 Å². The quantitative estimate of drug-likeness (QED) is 0.463. The zero-order valence-corrected chi connectivity index (χ0v) is 15.9. The summed E-state index contributed by atoms with van der Waals surface area (Å²) >= 11 is 0. The number of aryl methyl sites for hydroxylation is 1. The molecule has 0 aliphatic rings. The maximum absolute atomic E-state index is 12.3.